The Morgan fingerprint density at radius 3 is 2.23 bits per heavy atom. The van der Waals surface area contributed by atoms with Gasteiger partial charge in [0.25, 0.3) is 11.8 Å². The molecule has 0 saturated carbocycles. The molecule has 0 radical (unpaired) electrons. The minimum Gasteiger partial charge on any atom is -0.612 e. The van der Waals surface area contributed by atoms with Crippen LogP contribution in [-0.4, -0.2) is 87.2 Å². The largest absolute Gasteiger partial charge is 0.612 e. The van der Waals surface area contributed by atoms with Gasteiger partial charge in [0.05, 0.1) is 0 Å². The summed E-state index contributed by atoms with van der Waals surface area (Å²) >= 11 is -1.27. The third-order valence-electron chi connectivity index (χ3n) is 5.71. The molecule has 1 unspecified atom stereocenters. The van der Waals surface area contributed by atoms with E-state index in [1.165, 1.54) is 4.90 Å². The number of benzene rings is 2. The smallest absolute Gasteiger partial charge is 0.407 e. The molecular formula is C21H21N3O6S. The fourth-order valence-electron chi connectivity index (χ4n) is 4.09. The van der Waals surface area contributed by atoms with Gasteiger partial charge >= 0.3 is 6.09 Å². The highest BCUT2D eigenvalue weighted by molar-refractivity contribution is 7.91. The van der Waals surface area contributed by atoms with Crippen LogP contribution in [0.4, 0.5) is 4.79 Å². The summed E-state index contributed by atoms with van der Waals surface area (Å²) in [6.45, 7) is 0.976. The lowest BCUT2D eigenvalue weighted by molar-refractivity contribution is -0.132. The Balaban J connectivity index is 1.52. The number of amides is 4. The lowest BCUT2D eigenvalue weighted by Crippen LogP contribution is -2.51. The van der Waals surface area contributed by atoms with Crippen molar-refractivity contribution in [2.75, 3.05) is 39.0 Å². The molecule has 1 N–H and O–H groups in total. The summed E-state index contributed by atoms with van der Waals surface area (Å²) in [6.07, 6.45) is 0.497. The molecule has 1 atom stereocenters. The zero-order valence-electron chi connectivity index (χ0n) is 16.9. The van der Waals surface area contributed by atoms with Crippen molar-refractivity contribution < 1.29 is 28.8 Å². The molecule has 0 spiro atoms. The average Bonchev–Trinajstić information content (AvgIpc) is 2.76. The van der Waals surface area contributed by atoms with E-state index < -0.39 is 29.1 Å². The zero-order chi connectivity index (χ0) is 22.3. The van der Waals surface area contributed by atoms with Crippen molar-refractivity contribution in [3.8, 4) is 0 Å². The summed E-state index contributed by atoms with van der Waals surface area (Å²) < 4.78 is 12.1. The van der Waals surface area contributed by atoms with Crippen molar-refractivity contribution in [2.24, 2.45) is 0 Å². The van der Waals surface area contributed by atoms with Gasteiger partial charge < -0.3 is 19.5 Å². The summed E-state index contributed by atoms with van der Waals surface area (Å²) in [5.41, 5.74) is 0.698. The van der Waals surface area contributed by atoms with Gasteiger partial charge in [0.15, 0.2) is 4.90 Å². The van der Waals surface area contributed by atoms with Crippen molar-refractivity contribution in [2.45, 2.75) is 11.3 Å². The molecule has 10 heteroatoms. The van der Waals surface area contributed by atoms with E-state index in [0.717, 1.165) is 4.90 Å². The maximum absolute atomic E-state index is 13.0. The molecule has 2 aliphatic heterocycles. The molecule has 0 aliphatic carbocycles. The Morgan fingerprint density at radius 2 is 1.61 bits per heavy atom. The number of carboxylic acid groups (broad SMARTS) is 1. The van der Waals surface area contributed by atoms with E-state index in [9.17, 15) is 23.7 Å². The lowest BCUT2D eigenvalue weighted by atomic mass is 9.94. The Kier molecular flexibility index (Phi) is 5.59. The van der Waals surface area contributed by atoms with E-state index in [1.54, 1.807) is 41.5 Å². The van der Waals surface area contributed by atoms with E-state index >= 15 is 0 Å². The molecule has 0 aromatic heterocycles. The number of hydrogen-bond donors (Lipinski definition) is 1. The standard InChI is InChI=1S/C21H21N3O6S/c1-31(30)16-6-5-15-18-13(16)3-2-4-14(18)19(26)24(20(15)27)8-7-17(25)22-9-11-23(12-10-22)21(28)29/h2-6H,7-12H2,1H3,(H,28,29). The van der Waals surface area contributed by atoms with Crippen molar-refractivity contribution in [3.63, 3.8) is 0 Å². The first-order valence-corrected chi connectivity index (χ1v) is 11.4. The molecule has 1 saturated heterocycles. The Labute approximate surface area is 181 Å². The summed E-state index contributed by atoms with van der Waals surface area (Å²) in [4.78, 5) is 54.1. The predicted octanol–water partition coefficient (Wildman–Crippen LogP) is 1.39. The molecule has 162 valence electrons. The molecule has 2 heterocycles. The second-order valence-electron chi connectivity index (χ2n) is 7.46. The lowest BCUT2D eigenvalue weighted by Gasteiger charge is -2.34. The molecule has 1 fully saturated rings. The van der Waals surface area contributed by atoms with Gasteiger partial charge in [-0.25, -0.2) is 4.79 Å². The minimum absolute atomic E-state index is 0.0348. The SMILES string of the molecule is C[S+]([O-])c1ccc2c3c(cccc13)C(=O)N(CCC(=O)N1CCN(C(=O)O)CC1)C2=O. The molecule has 4 amide bonds. The molecule has 31 heavy (non-hydrogen) atoms. The van der Waals surface area contributed by atoms with Crippen molar-refractivity contribution in [1.29, 1.82) is 0 Å². The van der Waals surface area contributed by atoms with Crippen molar-refractivity contribution in [1.82, 2.24) is 14.7 Å². The molecule has 0 bridgehead atoms. The summed E-state index contributed by atoms with van der Waals surface area (Å²) in [5.74, 6) is -1.19. The molecule has 2 aromatic rings. The van der Waals surface area contributed by atoms with Gasteiger partial charge in [-0.05, 0) is 35.4 Å². The van der Waals surface area contributed by atoms with E-state index in [2.05, 4.69) is 0 Å². The number of hydrogen-bond acceptors (Lipinski definition) is 5. The average molecular weight is 443 g/mol. The second kappa shape index (κ2) is 8.20. The second-order valence-corrected chi connectivity index (χ2v) is 8.80. The van der Waals surface area contributed by atoms with E-state index in [-0.39, 0.29) is 45.1 Å². The van der Waals surface area contributed by atoms with Crippen LogP contribution < -0.4 is 0 Å². The highest BCUT2D eigenvalue weighted by atomic mass is 32.2. The van der Waals surface area contributed by atoms with Crippen LogP contribution >= 0.6 is 0 Å². The summed E-state index contributed by atoms with van der Waals surface area (Å²) in [7, 11) is 0. The first-order chi connectivity index (χ1) is 14.8. The highest BCUT2D eigenvalue weighted by Gasteiger charge is 2.35. The summed E-state index contributed by atoms with van der Waals surface area (Å²) in [6, 6.07) is 8.28. The Hall–Kier alpha value is -3.11. The van der Waals surface area contributed by atoms with Crippen LogP contribution in [0.5, 0.6) is 0 Å². The normalized spacial score (nSPS) is 17.3. The minimum atomic E-state index is -1.27. The molecule has 2 aromatic carbocycles. The number of carbonyl (C=O) groups excluding carboxylic acids is 3. The van der Waals surface area contributed by atoms with E-state index in [4.69, 9.17) is 5.11 Å². The van der Waals surface area contributed by atoms with Gasteiger partial charge in [-0.1, -0.05) is 6.07 Å². The first-order valence-electron chi connectivity index (χ1n) is 9.80. The molecule has 4 rings (SSSR count). The highest BCUT2D eigenvalue weighted by Crippen LogP contribution is 2.34. The quantitative estimate of drug-likeness (QED) is 0.563. The van der Waals surface area contributed by atoms with Crippen LogP contribution in [0.2, 0.25) is 0 Å². The van der Waals surface area contributed by atoms with Crippen LogP contribution in [0.3, 0.4) is 0 Å². The summed E-state index contributed by atoms with van der Waals surface area (Å²) in [5, 5.41) is 10.1. The molecule has 2 aliphatic rings. The fourth-order valence-corrected chi connectivity index (χ4v) is 4.83. The Morgan fingerprint density at radius 1 is 1.00 bits per heavy atom. The van der Waals surface area contributed by atoms with Crippen molar-refractivity contribution in [3.05, 3.63) is 41.5 Å². The van der Waals surface area contributed by atoms with Gasteiger partial charge in [-0.3, -0.25) is 19.3 Å². The molecule has 9 nitrogen and oxygen atoms in total. The van der Waals surface area contributed by atoms with Crippen LogP contribution in [0.15, 0.2) is 35.2 Å². The van der Waals surface area contributed by atoms with Gasteiger partial charge in [-0.15, -0.1) is 0 Å². The van der Waals surface area contributed by atoms with Crippen LogP contribution in [0.1, 0.15) is 27.1 Å². The number of piperazine rings is 1. The maximum atomic E-state index is 13.0. The number of nitrogens with zero attached hydrogens (tertiary/aromatic N) is 3. The Bertz CT molecular complexity index is 1070. The number of imide groups is 1. The van der Waals surface area contributed by atoms with E-state index in [1.807, 2.05) is 0 Å². The van der Waals surface area contributed by atoms with Crippen LogP contribution in [0, 0.1) is 0 Å². The van der Waals surface area contributed by atoms with Gasteiger partial charge in [0.1, 0.15) is 6.26 Å². The zero-order valence-corrected chi connectivity index (χ0v) is 17.7. The van der Waals surface area contributed by atoms with Crippen LogP contribution in [0.25, 0.3) is 10.8 Å². The van der Waals surface area contributed by atoms with Crippen molar-refractivity contribution >= 4 is 45.8 Å². The predicted molar refractivity (Wildman–Crippen MR) is 112 cm³/mol. The monoisotopic (exact) mass is 443 g/mol. The third-order valence-corrected chi connectivity index (χ3v) is 6.69. The number of rotatable bonds is 4. The topological polar surface area (TPSA) is 121 Å². The van der Waals surface area contributed by atoms with Crippen LogP contribution in [-0.2, 0) is 16.0 Å². The first kappa shape index (κ1) is 21.1. The number of carbonyl (C=O) groups is 4. The maximum Gasteiger partial charge on any atom is 0.407 e. The van der Waals surface area contributed by atoms with Gasteiger partial charge in [0.2, 0.25) is 5.91 Å². The molecular weight excluding hydrogens is 422 g/mol. The van der Waals surface area contributed by atoms with Gasteiger partial charge in [-0.2, -0.15) is 0 Å². The van der Waals surface area contributed by atoms with Gasteiger partial charge in [0, 0.05) is 61.0 Å². The van der Waals surface area contributed by atoms with E-state index in [0.29, 0.717) is 26.8 Å². The third kappa shape index (κ3) is 3.72. The fraction of sp³-hybridized carbons (Fsp3) is 0.333.